The molecular weight excluding hydrogens is 248 g/mol. The van der Waals surface area contributed by atoms with Gasteiger partial charge < -0.3 is 10.2 Å². The van der Waals surface area contributed by atoms with Gasteiger partial charge in [0.2, 0.25) is 5.91 Å². The van der Waals surface area contributed by atoms with Crippen LogP contribution in [0.5, 0.6) is 0 Å². The third-order valence-electron chi connectivity index (χ3n) is 3.91. The fourth-order valence-electron chi connectivity index (χ4n) is 2.86. The zero-order valence-corrected chi connectivity index (χ0v) is 12.7. The van der Waals surface area contributed by atoms with E-state index in [0.29, 0.717) is 6.42 Å². The van der Waals surface area contributed by atoms with Crippen molar-refractivity contribution in [3.05, 3.63) is 29.3 Å². The average Bonchev–Trinajstić information content (AvgIpc) is 2.47. The summed E-state index contributed by atoms with van der Waals surface area (Å²) in [5, 5.41) is 2.94. The van der Waals surface area contributed by atoms with Crippen LogP contribution >= 0.6 is 0 Å². The Labute approximate surface area is 122 Å². The molecule has 1 N–H and O–H groups in total. The summed E-state index contributed by atoms with van der Waals surface area (Å²) in [4.78, 5) is 13.7. The standard InChI is InChI=1S/C17H26N2O/c1-3-11-19-12-5-6-15-13-14(7-8-16(15)19)9-10-18-17(20)4-2/h7-8,13H,3-6,9-12H2,1-2H3,(H,18,20). The molecule has 1 heterocycles. The predicted octanol–water partition coefficient (Wildman–Crippen LogP) is 2.92. The Bertz CT molecular complexity index is 456. The molecule has 1 amide bonds. The highest BCUT2D eigenvalue weighted by Gasteiger charge is 2.16. The fraction of sp³-hybridized carbons (Fsp3) is 0.588. The smallest absolute Gasteiger partial charge is 0.219 e. The Morgan fingerprint density at radius 1 is 1.35 bits per heavy atom. The predicted molar refractivity (Wildman–Crippen MR) is 84.3 cm³/mol. The van der Waals surface area contributed by atoms with Gasteiger partial charge in [-0.25, -0.2) is 0 Å². The highest BCUT2D eigenvalue weighted by molar-refractivity contribution is 5.75. The first-order valence-electron chi connectivity index (χ1n) is 7.88. The molecule has 0 aliphatic carbocycles. The second kappa shape index (κ2) is 7.32. The Kier molecular flexibility index (Phi) is 5.45. The molecule has 20 heavy (non-hydrogen) atoms. The second-order valence-corrected chi connectivity index (χ2v) is 5.51. The third-order valence-corrected chi connectivity index (χ3v) is 3.91. The molecule has 1 aliphatic rings. The molecule has 1 aromatic rings. The van der Waals surface area contributed by atoms with Gasteiger partial charge in [-0.2, -0.15) is 0 Å². The number of anilines is 1. The zero-order valence-electron chi connectivity index (χ0n) is 12.7. The molecule has 0 unspecified atom stereocenters. The minimum absolute atomic E-state index is 0.136. The molecule has 0 radical (unpaired) electrons. The van der Waals surface area contributed by atoms with Gasteiger partial charge in [0.05, 0.1) is 0 Å². The molecule has 2 rings (SSSR count). The summed E-state index contributed by atoms with van der Waals surface area (Å²) in [5.74, 6) is 0.136. The summed E-state index contributed by atoms with van der Waals surface area (Å²) in [5.41, 5.74) is 4.22. The lowest BCUT2D eigenvalue weighted by molar-refractivity contribution is -0.120. The fourth-order valence-corrected chi connectivity index (χ4v) is 2.86. The molecule has 3 nitrogen and oxygen atoms in total. The number of fused-ring (bicyclic) bond motifs is 1. The van der Waals surface area contributed by atoms with Crippen molar-refractivity contribution >= 4 is 11.6 Å². The maximum atomic E-state index is 11.2. The Hall–Kier alpha value is -1.51. The van der Waals surface area contributed by atoms with Crippen molar-refractivity contribution in [1.82, 2.24) is 5.32 Å². The summed E-state index contributed by atoms with van der Waals surface area (Å²) < 4.78 is 0. The number of nitrogens with one attached hydrogen (secondary N) is 1. The molecule has 0 saturated heterocycles. The van der Waals surface area contributed by atoms with E-state index in [9.17, 15) is 4.79 Å². The molecule has 0 atom stereocenters. The van der Waals surface area contributed by atoms with Crippen LogP contribution < -0.4 is 10.2 Å². The number of aryl methyl sites for hydroxylation is 1. The van der Waals surface area contributed by atoms with Crippen molar-refractivity contribution in [2.75, 3.05) is 24.5 Å². The van der Waals surface area contributed by atoms with Gasteiger partial charge in [-0.3, -0.25) is 4.79 Å². The zero-order chi connectivity index (χ0) is 14.4. The molecule has 0 spiro atoms. The quantitative estimate of drug-likeness (QED) is 0.865. The highest BCUT2D eigenvalue weighted by atomic mass is 16.1. The normalized spacial score (nSPS) is 14.0. The molecule has 0 fully saturated rings. The minimum Gasteiger partial charge on any atom is -0.371 e. The van der Waals surface area contributed by atoms with Gasteiger partial charge in [0.25, 0.3) is 0 Å². The van der Waals surface area contributed by atoms with Crippen LogP contribution in [0.15, 0.2) is 18.2 Å². The van der Waals surface area contributed by atoms with Crippen LogP contribution in [0.2, 0.25) is 0 Å². The van der Waals surface area contributed by atoms with E-state index in [0.717, 1.165) is 19.5 Å². The largest absolute Gasteiger partial charge is 0.371 e. The summed E-state index contributed by atoms with van der Waals surface area (Å²) in [6.07, 6.45) is 5.13. The highest BCUT2D eigenvalue weighted by Crippen LogP contribution is 2.28. The molecule has 0 saturated carbocycles. The van der Waals surface area contributed by atoms with E-state index in [4.69, 9.17) is 0 Å². The molecule has 1 aromatic carbocycles. The second-order valence-electron chi connectivity index (χ2n) is 5.51. The number of hydrogen-bond donors (Lipinski definition) is 1. The van der Waals surface area contributed by atoms with E-state index in [1.807, 2.05) is 6.92 Å². The topological polar surface area (TPSA) is 32.3 Å². The van der Waals surface area contributed by atoms with Crippen LogP contribution in [-0.4, -0.2) is 25.5 Å². The van der Waals surface area contributed by atoms with Gasteiger partial charge in [0, 0.05) is 31.7 Å². The van der Waals surface area contributed by atoms with Gasteiger partial charge in [0.1, 0.15) is 0 Å². The maximum absolute atomic E-state index is 11.2. The van der Waals surface area contributed by atoms with Crippen LogP contribution in [0.4, 0.5) is 5.69 Å². The van der Waals surface area contributed by atoms with E-state index in [1.54, 1.807) is 0 Å². The lowest BCUT2D eigenvalue weighted by Crippen LogP contribution is -2.30. The van der Waals surface area contributed by atoms with Gasteiger partial charge >= 0.3 is 0 Å². The molecule has 0 bridgehead atoms. The third kappa shape index (κ3) is 3.75. The Morgan fingerprint density at radius 3 is 2.95 bits per heavy atom. The number of nitrogens with zero attached hydrogens (tertiary/aromatic N) is 1. The summed E-state index contributed by atoms with van der Waals surface area (Å²) in [6, 6.07) is 6.81. The summed E-state index contributed by atoms with van der Waals surface area (Å²) >= 11 is 0. The Morgan fingerprint density at radius 2 is 2.20 bits per heavy atom. The van der Waals surface area contributed by atoms with Gasteiger partial charge in [0.15, 0.2) is 0 Å². The van der Waals surface area contributed by atoms with Crippen LogP contribution in [0, 0.1) is 0 Å². The van der Waals surface area contributed by atoms with Crippen LogP contribution in [0.25, 0.3) is 0 Å². The van der Waals surface area contributed by atoms with E-state index < -0.39 is 0 Å². The van der Waals surface area contributed by atoms with E-state index >= 15 is 0 Å². The van der Waals surface area contributed by atoms with Crippen LogP contribution in [0.3, 0.4) is 0 Å². The first-order chi connectivity index (χ1) is 9.74. The molecular formula is C17H26N2O. The minimum atomic E-state index is 0.136. The van der Waals surface area contributed by atoms with E-state index in [2.05, 4.69) is 35.3 Å². The number of rotatable bonds is 6. The van der Waals surface area contributed by atoms with Crippen molar-refractivity contribution in [1.29, 1.82) is 0 Å². The Balaban J connectivity index is 1.98. The summed E-state index contributed by atoms with van der Waals surface area (Å²) in [6.45, 7) is 7.20. The van der Waals surface area contributed by atoms with Crippen molar-refractivity contribution < 1.29 is 4.79 Å². The SMILES string of the molecule is CCCN1CCCc2cc(CCNC(=O)CC)ccc21. The lowest BCUT2D eigenvalue weighted by Gasteiger charge is -2.31. The van der Waals surface area contributed by atoms with Crippen molar-refractivity contribution in [3.8, 4) is 0 Å². The van der Waals surface area contributed by atoms with Crippen molar-refractivity contribution in [3.63, 3.8) is 0 Å². The molecule has 1 aliphatic heterocycles. The monoisotopic (exact) mass is 274 g/mol. The summed E-state index contributed by atoms with van der Waals surface area (Å²) in [7, 11) is 0. The van der Waals surface area contributed by atoms with Crippen LogP contribution in [0.1, 0.15) is 44.2 Å². The number of carbonyl (C=O) groups is 1. The van der Waals surface area contributed by atoms with Gasteiger partial charge in [-0.1, -0.05) is 26.0 Å². The maximum Gasteiger partial charge on any atom is 0.219 e. The molecule has 110 valence electrons. The molecule has 3 heteroatoms. The number of carbonyl (C=O) groups excluding carboxylic acids is 1. The van der Waals surface area contributed by atoms with Crippen molar-refractivity contribution in [2.45, 2.75) is 46.0 Å². The average molecular weight is 274 g/mol. The lowest BCUT2D eigenvalue weighted by atomic mass is 9.98. The van der Waals surface area contributed by atoms with Gasteiger partial charge in [-0.15, -0.1) is 0 Å². The van der Waals surface area contributed by atoms with E-state index in [-0.39, 0.29) is 5.91 Å². The van der Waals surface area contributed by atoms with Crippen LogP contribution in [-0.2, 0) is 17.6 Å². The van der Waals surface area contributed by atoms with Gasteiger partial charge in [-0.05, 0) is 42.9 Å². The first-order valence-corrected chi connectivity index (χ1v) is 7.88. The first kappa shape index (κ1) is 14.9. The number of benzene rings is 1. The number of hydrogen-bond acceptors (Lipinski definition) is 2. The van der Waals surface area contributed by atoms with E-state index in [1.165, 1.54) is 42.6 Å². The number of amides is 1. The van der Waals surface area contributed by atoms with Crippen molar-refractivity contribution in [2.24, 2.45) is 0 Å². The molecule has 0 aromatic heterocycles.